The molecule has 0 aliphatic rings. The number of nitrogen functional groups attached to an aromatic ring is 1. The summed E-state index contributed by atoms with van der Waals surface area (Å²) in [4.78, 5) is 31.4. The number of rotatable bonds is 9. The van der Waals surface area contributed by atoms with Crippen LogP contribution < -0.4 is 16.4 Å². The molecule has 7 heteroatoms. The first kappa shape index (κ1) is 22.4. The Morgan fingerprint density at radius 1 is 1.17 bits per heavy atom. The first-order valence-electron chi connectivity index (χ1n) is 9.84. The molecule has 1 aromatic carbocycles. The number of carbonyl (C=O) groups excluding carboxylic acids is 2. The Labute approximate surface area is 172 Å². The molecule has 1 heterocycles. The topological polar surface area (TPSA) is 100 Å². The highest BCUT2D eigenvalue weighted by atomic mass is 16.2. The van der Waals surface area contributed by atoms with Crippen molar-refractivity contribution in [3.05, 3.63) is 59.3 Å². The molecule has 2 amide bonds. The van der Waals surface area contributed by atoms with Crippen LogP contribution in [0.3, 0.4) is 0 Å². The number of anilines is 1. The molecule has 0 aliphatic heterocycles. The van der Waals surface area contributed by atoms with Gasteiger partial charge >= 0.3 is 0 Å². The SMILES string of the molecule is CCN(C)[C@@H](C)C(=O)NC[C@H](C(=O)NCc1ccc(N)nc1)c1cccc(C)c1. The monoisotopic (exact) mass is 397 g/mol. The molecule has 0 bridgehead atoms. The molecule has 4 N–H and O–H groups in total. The third-order valence-corrected chi connectivity index (χ3v) is 5.10. The van der Waals surface area contributed by atoms with Crippen LogP contribution in [0.15, 0.2) is 42.6 Å². The predicted octanol–water partition coefficient (Wildman–Crippen LogP) is 1.83. The molecule has 0 saturated carbocycles. The largest absolute Gasteiger partial charge is 0.384 e. The molecule has 0 aliphatic carbocycles. The number of hydrogen-bond acceptors (Lipinski definition) is 5. The Hall–Kier alpha value is -2.93. The number of nitrogens with zero attached hydrogens (tertiary/aromatic N) is 2. The van der Waals surface area contributed by atoms with Crippen LogP contribution in [0.1, 0.15) is 36.5 Å². The maximum Gasteiger partial charge on any atom is 0.237 e. The van der Waals surface area contributed by atoms with Gasteiger partial charge in [-0.25, -0.2) is 4.98 Å². The zero-order valence-corrected chi connectivity index (χ0v) is 17.6. The van der Waals surface area contributed by atoms with E-state index < -0.39 is 5.92 Å². The van der Waals surface area contributed by atoms with Crippen LogP contribution in [-0.2, 0) is 16.1 Å². The van der Waals surface area contributed by atoms with Crippen molar-refractivity contribution in [1.82, 2.24) is 20.5 Å². The summed E-state index contributed by atoms with van der Waals surface area (Å²) < 4.78 is 0. The van der Waals surface area contributed by atoms with Gasteiger partial charge in [0.1, 0.15) is 5.82 Å². The first-order valence-corrected chi connectivity index (χ1v) is 9.84. The van der Waals surface area contributed by atoms with Gasteiger partial charge < -0.3 is 16.4 Å². The van der Waals surface area contributed by atoms with Crippen LogP contribution in [0.4, 0.5) is 5.82 Å². The minimum Gasteiger partial charge on any atom is -0.384 e. The first-order chi connectivity index (χ1) is 13.8. The molecule has 2 atom stereocenters. The summed E-state index contributed by atoms with van der Waals surface area (Å²) in [7, 11) is 1.90. The van der Waals surface area contributed by atoms with Crippen molar-refractivity contribution in [2.75, 3.05) is 25.9 Å². The van der Waals surface area contributed by atoms with E-state index in [-0.39, 0.29) is 24.4 Å². The zero-order chi connectivity index (χ0) is 21.4. The number of benzene rings is 1. The molecule has 2 rings (SSSR count). The summed E-state index contributed by atoms with van der Waals surface area (Å²) in [6.07, 6.45) is 1.64. The van der Waals surface area contributed by atoms with Gasteiger partial charge in [0, 0.05) is 19.3 Å². The quantitative estimate of drug-likeness (QED) is 0.599. The molecule has 156 valence electrons. The average molecular weight is 398 g/mol. The second-order valence-electron chi connectivity index (χ2n) is 7.27. The fourth-order valence-corrected chi connectivity index (χ4v) is 2.93. The number of likely N-dealkylation sites (N-methyl/N-ethyl adjacent to an activating group) is 1. The Kier molecular flexibility index (Phi) is 8.15. The van der Waals surface area contributed by atoms with E-state index in [4.69, 9.17) is 5.73 Å². The van der Waals surface area contributed by atoms with Gasteiger partial charge in [0.05, 0.1) is 12.0 Å². The molecule has 29 heavy (non-hydrogen) atoms. The standard InChI is InChI=1S/C22H31N5O2/c1-5-27(4)16(3)21(28)26-14-19(18-8-6-7-15(2)11-18)22(29)25-13-17-9-10-20(23)24-12-17/h6-12,16,19H,5,13-14H2,1-4H3,(H2,23,24)(H,25,29)(H,26,28)/t16-,19-/m0/s1. The van der Waals surface area contributed by atoms with Crippen LogP contribution >= 0.6 is 0 Å². The van der Waals surface area contributed by atoms with Crippen LogP contribution in [-0.4, -0.2) is 47.9 Å². The molecule has 0 saturated heterocycles. The smallest absolute Gasteiger partial charge is 0.237 e. The van der Waals surface area contributed by atoms with Gasteiger partial charge in [0.25, 0.3) is 0 Å². The minimum absolute atomic E-state index is 0.0949. The third-order valence-electron chi connectivity index (χ3n) is 5.10. The maximum atomic E-state index is 12.9. The van der Waals surface area contributed by atoms with Crippen molar-refractivity contribution in [2.45, 2.75) is 39.3 Å². The number of hydrogen-bond donors (Lipinski definition) is 3. The molecule has 2 aromatic rings. The van der Waals surface area contributed by atoms with E-state index in [1.165, 1.54) is 0 Å². The van der Waals surface area contributed by atoms with Gasteiger partial charge in [0.15, 0.2) is 0 Å². The van der Waals surface area contributed by atoms with Crippen molar-refractivity contribution in [3.63, 3.8) is 0 Å². The van der Waals surface area contributed by atoms with E-state index in [1.54, 1.807) is 12.3 Å². The van der Waals surface area contributed by atoms with Crippen molar-refractivity contribution in [1.29, 1.82) is 0 Å². The lowest BCUT2D eigenvalue weighted by Crippen LogP contribution is -2.45. The van der Waals surface area contributed by atoms with Gasteiger partial charge in [-0.1, -0.05) is 42.8 Å². The number of pyridine rings is 1. The fourth-order valence-electron chi connectivity index (χ4n) is 2.93. The number of aryl methyl sites for hydroxylation is 1. The number of aromatic nitrogens is 1. The molecule has 0 fully saturated rings. The lowest BCUT2D eigenvalue weighted by atomic mass is 9.96. The Morgan fingerprint density at radius 2 is 1.93 bits per heavy atom. The summed E-state index contributed by atoms with van der Waals surface area (Å²) in [5, 5.41) is 5.87. The van der Waals surface area contributed by atoms with Gasteiger partial charge in [-0.2, -0.15) is 0 Å². The highest BCUT2D eigenvalue weighted by Crippen LogP contribution is 2.17. The molecular weight excluding hydrogens is 366 g/mol. The van der Waals surface area contributed by atoms with Crippen LogP contribution in [0.25, 0.3) is 0 Å². The van der Waals surface area contributed by atoms with Crippen LogP contribution in [0.5, 0.6) is 0 Å². The van der Waals surface area contributed by atoms with Crippen molar-refractivity contribution < 1.29 is 9.59 Å². The van der Waals surface area contributed by atoms with Gasteiger partial charge in [-0.15, -0.1) is 0 Å². The number of carbonyl (C=O) groups is 2. The van der Waals surface area contributed by atoms with Crippen molar-refractivity contribution >= 4 is 17.6 Å². The van der Waals surface area contributed by atoms with E-state index >= 15 is 0 Å². The highest BCUT2D eigenvalue weighted by molar-refractivity contribution is 5.86. The van der Waals surface area contributed by atoms with Crippen LogP contribution in [0.2, 0.25) is 0 Å². The fraction of sp³-hybridized carbons (Fsp3) is 0.409. The van der Waals surface area contributed by atoms with E-state index in [0.717, 1.165) is 23.2 Å². The Morgan fingerprint density at radius 3 is 2.55 bits per heavy atom. The Bertz CT molecular complexity index is 822. The second kappa shape index (κ2) is 10.6. The van der Waals surface area contributed by atoms with Crippen LogP contribution in [0, 0.1) is 6.92 Å². The van der Waals surface area contributed by atoms with Gasteiger partial charge in [0.2, 0.25) is 11.8 Å². The predicted molar refractivity (Wildman–Crippen MR) is 115 cm³/mol. The zero-order valence-electron chi connectivity index (χ0n) is 17.6. The minimum atomic E-state index is -0.486. The normalized spacial score (nSPS) is 13.0. The maximum absolute atomic E-state index is 12.9. The Balaban J connectivity index is 2.09. The molecular formula is C22H31N5O2. The lowest BCUT2D eigenvalue weighted by molar-refractivity contribution is -0.126. The lowest BCUT2D eigenvalue weighted by Gasteiger charge is -2.24. The average Bonchev–Trinajstić information content (AvgIpc) is 2.72. The van der Waals surface area contributed by atoms with E-state index in [0.29, 0.717) is 12.4 Å². The molecule has 7 nitrogen and oxygen atoms in total. The molecule has 1 aromatic heterocycles. The van der Waals surface area contributed by atoms with E-state index in [9.17, 15) is 9.59 Å². The van der Waals surface area contributed by atoms with Crippen molar-refractivity contribution in [2.24, 2.45) is 0 Å². The third kappa shape index (κ3) is 6.57. The summed E-state index contributed by atoms with van der Waals surface area (Å²) in [6, 6.07) is 11.1. The number of nitrogens with one attached hydrogen (secondary N) is 2. The number of nitrogens with two attached hydrogens (primary N) is 1. The van der Waals surface area contributed by atoms with Crippen molar-refractivity contribution in [3.8, 4) is 0 Å². The van der Waals surface area contributed by atoms with E-state index in [1.807, 2.05) is 63.1 Å². The van der Waals surface area contributed by atoms with Gasteiger partial charge in [-0.05, 0) is 44.6 Å². The number of amides is 2. The summed E-state index contributed by atoms with van der Waals surface area (Å²) >= 11 is 0. The summed E-state index contributed by atoms with van der Waals surface area (Å²) in [6.45, 7) is 7.18. The van der Waals surface area contributed by atoms with Gasteiger partial charge in [-0.3, -0.25) is 14.5 Å². The molecule has 0 spiro atoms. The molecule has 0 unspecified atom stereocenters. The highest BCUT2D eigenvalue weighted by Gasteiger charge is 2.23. The molecule has 0 radical (unpaired) electrons. The van der Waals surface area contributed by atoms with E-state index in [2.05, 4.69) is 15.6 Å². The second-order valence-corrected chi connectivity index (χ2v) is 7.27. The summed E-state index contributed by atoms with van der Waals surface area (Å²) in [5.74, 6) is -0.293. The summed E-state index contributed by atoms with van der Waals surface area (Å²) in [5.41, 5.74) is 8.39.